The summed E-state index contributed by atoms with van der Waals surface area (Å²) in [6.45, 7) is 5.41. The molecule has 1 aliphatic heterocycles. The van der Waals surface area contributed by atoms with Crippen molar-refractivity contribution in [1.82, 2.24) is 10.2 Å². The third-order valence-corrected chi connectivity index (χ3v) is 3.96. The molecule has 0 radical (unpaired) electrons. The highest BCUT2D eigenvalue weighted by Gasteiger charge is 2.29. The van der Waals surface area contributed by atoms with Crippen LogP contribution in [0.25, 0.3) is 0 Å². The third-order valence-electron chi connectivity index (χ3n) is 3.01. The van der Waals surface area contributed by atoms with Crippen molar-refractivity contribution in [3.8, 4) is 0 Å². The molecule has 2 amide bonds. The van der Waals surface area contributed by atoms with Gasteiger partial charge in [0.2, 0.25) is 11.8 Å². The third kappa shape index (κ3) is 4.22. The first-order valence-electron chi connectivity index (χ1n) is 6.19. The first-order chi connectivity index (χ1) is 8.08. The summed E-state index contributed by atoms with van der Waals surface area (Å²) in [7, 11) is 0. The summed E-state index contributed by atoms with van der Waals surface area (Å²) in [5.41, 5.74) is 0. The van der Waals surface area contributed by atoms with Crippen LogP contribution in [0, 0.1) is 0 Å². The summed E-state index contributed by atoms with van der Waals surface area (Å²) < 4.78 is 0. The zero-order valence-electron chi connectivity index (χ0n) is 10.9. The second-order valence-electron chi connectivity index (χ2n) is 4.49. The predicted octanol–water partition coefficient (Wildman–Crippen LogP) is 1.26. The Balaban J connectivity index is 2.69. The van der Waals surface area contributed by atoms with Crippen LogP contribution in [0.1, 0.15) is 33.1 Å². The second-order valence-corrected chi connectivity index (χ2v) is 5.77. The molecule has 0 aromatic carbocycles. The summed E-state index contributed by atoms with van der Waals surface area (Å²) >= 11 is 1.74. The lowest BCUT2D eigenvalue weighted by molar-refractivity contribution is -0.133. The van der Waals surface area contributed by atoms with E-state index in [2.05, 4.69) is 12.2 Å². The number of nitrogens with one attached hydrogen (secondary N) is 1. The van der Waals surface area contributed by atoms with E-state index >= 15 is 0 Å². The molecule has 1 rings (SSSR count). The summed E-state index contributed by atoms with van der Waals surface area (Å²) in [5.74, 6) is 0.0784. The molecule has 1 aliphatic rings. The summed E-state index contributed by atoms with van der Waals surface area (Å²) in [6.07, 6.45) is 4.10. The van der Waals surface area contributed by atoms with Gasteiger partial charge in [-0.15, -0.1) is 0 Å². The maximum atomic E-state index is 12.2. The molecule has 0 aromatic heterocycles. The van der Waals surface area contributed by atoms with Gasteiger partial charge in [0.15, 0.2) is 0 Å². The molecule has 5 heteroatoms. The topological polar surface area (TPSA) is 49.4 Å². The minimum absolute atomic E-state index is 0.00361. The summed E-state index contributed by atoms with van der Waals surface area (Å²) in [5, 5.41) is 3.23. The monoisotopic (exact) mass is 258 g/mol. The standard InChI is InChI=1S/C12H22N2O2S/c1-4-5-10-12(16)14(8-9(2)17-3)7-6-11(15)13-10/h9-10H,4-8H2,1-3H3,(H,13,15). The maximum absolute atomic E-state index is 12.2. The molecule has 0 bridgehead atoms. The average molecular weight is 258 g/mol. The molecule has 2 atom stereocenters. The summed E-state index contributed by atoms with van der Waals surface area (Å²) in [4.78, 5) is 25.6. The van der Waals surface area contributed by atoms with Gasteiger partial charge in [-0.2, -0.15) is 11.8 Å². The molecule has 1 N–H and O–H groups in total. The van der Waals surface area contributed by atoms with Crippen LogP contribution in [0.3, 0.4) is 0 Å². The zero-order valence-corrected chi connectivity index (χ0v) is 11.7. The molecular formula is C12H22N2O2S. The molecule has 1 heterocycles. The fraction of sp³-hybridized carbons (Fsp3) is 0.833. The van der Waals surface area contributed by atoms with Crippen molar-refractivity contribution in [2.24, 2.45) is 0 Å². The van der Waals surface area contributed by atoms with Gasteiger partial charge in [-0.1, -0.05) is 20.3 Å². The van der Waals surface area contributed by atoms with Crippen LogP contribution >= 0.6 is 11.8 Å². The van der Waals surface area contributed by atoms with Gasteiger partial charge in [-0.05, 0) is 12.7 Å². The Morgan fingerprint density at radius 1 is 1.53 bits per heavy atom. The highest BCUT2D eigenvalue weighted by Crippen LogP contribution is 2.13. The van der Waals surface area contributed by atoms with E-state index in [1.807, 2.05) is 18.1 Å². The SMILES string of the molecule is CCCC1NC(=O)CCN(CC(C)SC)C1=O. The van der Waals surface area contributed by atoms with Crippen LogP contribution in [-0.2, 0) is 9.59 Å². The smallest absolute Gasteiger partial charge is 0.245 e. The van der Waals surface area contributed by atoms with Crippen molar-refractivity contribution >= 4 is 23.6 Å². The number of rotatable bonds is 5. The second kappa shape index (κ2) is 6.89. The minimum Gasteiger partial charge on any atom is -0.344 e. The summed E-state index contributed by atoms with van der Waals surface area (Å²) in [6, 6.07) is -0.316. The molecule has 0 aliphatic carbocycles. The molecule has 0 aromatic rings. The van der Waals surface area contributed by atoms with Crippen LogP contribution < -0.4 is 5.32 Å². The van der Waals surface area contributed by atoms with Crippen molar-refractivity contribution < 1.29 is 9.59 Å². The van der Waals surface area contributed by atoms with Crippen LogP contribution in [0.2, 0.25) is 0 Å². The molecule has 17 heavy (non-hydrogen) atoms. The van der Waals surface area contributed by atoms with Gasteiger partial charge < -0.3 is 10.2 Å². The molecule has 0 spiro atoms. The number of hydrogen-bond donors (Lipinski definition) is 1. The van der Waals surface area contributed by atoms with E-state index in [1.54, 1.807) is 11.8 Å². The van der Waals surface area contributed by atoms with Crippen molar-refractivity contribution in [2.75, 3.05) is 19.3 Å². The number of hydrogen-bond acceptors (Lipinski definition) is 3. The van der Waals surface area contributed by atoms with Crippen molar-refractivity contribution in [3.63, 3.8) is 0 Å². The van der Waals surface area contributed by atoms with E-state index < -0.39 is 0 Å². The zero-order chi connectivity index (χ0) is 12.8. The Hall–Kier alpha value is -0.710. The number of thioether (sulfide) groups is 1. The van der Waals surface area contributed by atoms with Gasteiger partial charge in [0.25, 0.3) is 0 Å². The number of carbonyl (C=O) groups is 2. The Labute approximate surface area is 108 Å². The van der Waals surface area contributed by atoms with Crippen LogP contribution in [-0.4, -0.2) is 47.4 Å². The largest absolute Gasteiger partial charge is 0.344 e. The first kappa shape index (κ1) is 14.4. The minimum atomic E-state index is -0.316. The lowest BCUT2D eigenvalue weighted by Gasteiger charge is -2.26. The highest BCUT2D eigenvalue weighted by molar-refractivity contribution is 7.99. The maximum Gasteiger partial charge on any atom is 0.245 e. The normalized spacial score (nSPS) is 23.2. The molecule has 2 unspecified atom stereocenters. The molecule has 1 fully saturated rings. The van der Waals surface area contributed by atoms with Crippen molar-refractivity contribution in [1.29, 1.82) is 0 Å². The Bertz CT molecular complexity index is 284. The van der Waals surface area contributed by atoms with Crippen molar-refractivity contribution in [3.05, 3.63) is 0 Å². The van der Waals surface area contributed by atoms with E-state index in [0.717, 1.165) is 19.4 Å². The van der Waals surface area contributed by atoms with Gasteiger partial charge >= 0.3 is 0 Å². The first-order valence-corrected chi connectivity index (χ1v) is 7.48. The van der Waals surface area contributed by atoms with Crippen LogP contribution in [0.4, 0.5) is 0 Å². The Kier molecular flexibility index (Phi) is 5.82. The van der Waals surface area contributed by atoms with Crippen LogP contribution in [0.5, 0.6) is 0 Å². The molecule has 0 saturated carbocycles. The number of amides is 2. The van der Waals surface area contributed by atoms with E-state index in [9.17, 15) is 9.59 Å². The van der Waals surface area contributed by atoms with Crippen LogP contribution in [0.15, 0.2) is 0 Å². The molecule has 1 saturated heterocycles. The van der Waals surface area contributed by atoms with Gasteiger partial charge in [0, 0.05) is 24.8 Å². The quantitative estimate of drug-likeness (QED) is 0.807. The fourth-order valence-corrected chi connectivity index (χ4v) is 2.27. The van der Waals surface area contributed by atoms with Gasteiger partial charge in [0.05, 0.1) is 0 Å². The van der Waals surface area contributed by atoms with E-state index in [0.29, 0.717) is 18.2 Å². The van der Waals surface area contributed by atoms with E-state index in [-0.39, 0.29) is 17.9 Å². The lowest BCUT2D eigenvalue weighted by atomic mass is 10.1. The average Bonchev–Trinajstić information content (AvgIpc) is 2.43. The number of nitrogens with zero attached hydrogens (tertiary/aromatic N) is 1. The Morgan fingerprint density at radius 2 is 2.24 bits per heavy atom. The number of carbonyl (C=O) groups excluding carboxylic acids is 2. The highest BCUT2D eigenvalue weighted by atomic mass is 32.2. The van der Waals surface area contributed by atoms with Gasteiger partial charge in [-0.3, -0.25) is 9.59 Å². The predicted molar refractivity (Wildman–Crippen MR) is 71.0 cm³/mol. The molecule has 98 valence electrons. The van der Waals surface area contributed by atoms with E-state index in [1.165, 1.54) is 0 Å². The lowest BCUT2D eigenvalue weighted by Crippen LogP contribution is -2.46. The van der Waals surface area contributed by atoms with Gasteiger partial charge in [-0.25, -0.2) is 0 Å². The molecule has 4 nitrogen and oxygen atoms in total. The molecular weight excluding hydrogens is 236 g/mol. The fourth-order valence-electron chi connectivity index (χ4n) is 1.95. The Morgan fingerprint density at radius 3 is 2.82 bits per heavy atom. The van der Waals surface area contributed by atoms with Crippen molar-refractivity contribution in [2.45, 2.75) is 44.4 Å². The van der Waals surface area contributed by atoms with E-state index in [4.69, 9.17) is 0 Å². The van der Waals surface area contributed by atoms with Gasteiger partial charge in [0.1, 0.15) is 6.04 Å².